The number of rotatable bonds is 0. The molecule has 0 aromatic carbocycles. The predicted molar refractivity (Wildman–Crippen MR) is 48.3 cm³/mol. The van der Waals surface area contributed by atoms with Gasteiger partial charge in [-0.3, -0.25) is 0 Å². The minimum atomic E-state index is 0.902. The van der Waals surface area contributed by atoms with Crippen molar-refractivity contribution in [2.24, 2.45) is 11.8 Å². The van der Waals surface area contributed by atoms with Gasteiger partial charge in [0.25, 0.3) is 0 Å². The molecule has 0 saturated heterocycles. The number of fused-ring (bicyclic) bond motifs is 2. The zero-order valence-electron chi connectivity index (χ0n) is 7.00. The molecular formula is C11H16. The summed E-state index contributed by atoms with van der Waals surface area (Å²) < 4.78 is 0. The second kappa shape index (κ2) is 3.25. The van der Waals surface area contributed by atoms with Gasteiger partial charge in [-0.05, 0) is 43.9 Å². The largest absolute Gasteiger partial charge is 0.0885 e. The first-order chi connectivity index (χ1) is 5.45. The molecular weight excluding hydrogens is 132 g/mol. The Hall–Kier alpha value is -0.520. The van der Waals surface area contributed by atoms with Gasteiger partial charge in [0.05, 0.1) is 0 Å². The minimum Gasteiger partial charge on any atom is -0.0885 e. The highest BCUT2D eigenvalue weighted by molar-refractivity contribution is 5.00. The Bertz CT molecular complexity index is 176. The van der Waals surface area contributed by atoms with Gasteiger partial charge in [0.1, 0.15) is 0 Å². The van der Waals surface area contributed by atoms with Crippen LogP contribution in [0.15, 0.2) is 24.3 Å². The van der Waals surface area contributed by atoms with Crippen LogP contribution < -0.4 is 0 Å². The van der Waals surface area contributed by atoms with E-state index in [9.17, 15) is 0 Å². The van der Waals surface area contributed by atoms with E-state index in [2.05, 4.69) is 24.3 Å². The fourth-order valence-corrected chi connectivity index (χ4v) is 2.19. The Morgan fingerprint density at radius 3 is 2.91 bits per heavy atom. The molecule has 60 valence electrons. The normalized spacial score (nSPS) is 36.4. The van der Waals surface area contributed by atoms with E-state index in [1.807, 2.05) is 0 Å². The van der Waals surface area contributed by atoms with Crippen molar-refractivity contribution >= 4 is 0 Å². The van der Waals surface area contributed by atoms with Gasteiger partial charge in [-0.25, -0.2) is 0 Å². The zero-order chi connectivity index (χ0) is 7.52. The Kier molecular flexibility index (Phi) is 2.11. The summed E-state index contributed by atoms with van der Waals surface area (Å²) in [6.45, 7) is 0. The molecule has 0 aliphatic heterocycles. The Morgan fingerprint density at radius 2 is 1.91 bits per heavy atom. The highest BCUT2D eigenvalue weighted by atomic mass is 14.2. The monoisotopic (exact) mass is 148 g/mol. The van der Waals surface area contributed by atoms with Crippen LogP contribution in [0, 0.1) is 11.8 Å². The van der Waals surface area contributed by atoms with Crippen LogP contribution in [0.2, 0.25) is 0 Å². The lowest BCUT2D eigenvalue weighted by Gasteiger charge is -2.25. The van der Waals surface area contributed by atoms with Crippen molar-refractivity contribution < 1.29 is 0 Å². The Balaban J connectivity index is 2.07. The van der Waals surface area contributed by atoms with E-state index in [1.54, 1.807) is 0 Å². The van der Waals surface area contributed by atoms with Gasteiger partial charge < -0.3 is 0 Å². The van der Waals surface area contributed by atoms with Crippen LogP contribution in [0.4, 0.5) is 0 Å². The maximum atomic E-state index is 2.43. The molecule has 0 radical (unpaired) electrons. The molecule has 2 unspecified atom stereocenters. The molecule has 0 heteroatoms. The third kappa shape index (κ3) is 1.74. The molecule has 2 atom stereocenters. The maximum Gasteiger partial charge on any atom is -0.0228 e. The summed E-state index contributed by atoms with van der Waals surface area (Å²) >= 11 is 0. The van der Waals surface area contributed by atoms with Gasteiger partial charge in [0, 0.05) is 0 Å². The molecule has 0 spiro atoms. The maximum absolute atomic E-state index is 2.43. The van der Waals surface area contributed by atoms with Crippen LogP contribution in [0.1, 0.15) is 32.1 Å². The lowest BCUT2D eigenvalue weighted by atomic mass is 9.81. The molecule has 2 bridgehead atoms. The highest BCUT2D eigenvalue weighted by Gasteiger charge is 2.17. The van der Waals surface area contributed by atoms with Gasteiger partial charge in [0.15, 0.2) is 0 Å². The van der Waals surface area contributed by atoms with Gasteiger partial charge in [-0.15, -0.1) is 0 Å². The van der Waals surface area contributed by atoms with Crippen molar-refractivity contribution in [1.29, 1.82) is 0 Å². The quantitative estimate of drug-likeness (QED) is 0.462. The second-order valence-electron chi connectivity index (χ2n) is 3.81. The molecule has 0 amide bonds. The van der Waals surface area contributed by atoms with E-state index in [0.29, 0.717) is 0 Å². The molecule has 0 N–H and O–H groups in total. The molecule has 0 aromatic heterocycles. The summed E-state index contributed by atoms with van der Waals surface area (Å²) in [7, 11) is 0. The Morgan fingerprint density at radius 1 is 1.00 bits per heavy atom. The van der Waals surface area contributed by atoms with Crippen molar-refractivity contribution in [2.75, 3.05) is 0 Å². The van der Waals surface area contributed by atoms with Crippen molar-refractivity contribution in [2.45, 2.75) is 32.1 Å². The number of hydrogen-bond acceptors (Lipinski definition) is 0. The predicted octanol–water partition coefficient (Wildman–Crippen LogP) is 3.31. The van der Waals surface area contributed by atoms with Crippen LogP contribution in [0.5, 0.6) is 0 Å². The molecule has 2 rings (SSSR count). The first kappa shape index (κ1) is 7.15. The van der Waals surface area contributed by atoms with Gasteiger partial charge in [0.2, 0.25) is 0 Å². The first-order valence-corrected chi connectivity index (χ1v) is 4.77. The lowest BCUT2D eigenvalue weighted by molar-refractivity contribution is 0.380. The first-order valence-electron chi connectivity index (χ1n) is 4.77. The summed E-state index contributed by atoms with van der Waals surface area (Å²) in [5.74, 6) is 1.86. The second-order valence-corrected chi connectivity index (χ2v) is 3.81. The van der Waals surface area contributed by atoms with Crippen LogP contribution in [-0.4, -0.2) is 0 Å². The fourth-order valence-electron chi connectivity index (χ4n) is 2.19. The molecule has 2 aliphatic rings. The fraction of sp³-hybridized carbons (Fsp3) is 0.636. The molecule has 2 aliphatic carbocycles. The summed E-state index contributed by atoms with van der Waals surface area (Å²) in [4.78, 5) is 0. The van der Waals surface area contributed by atoms with Gasteiger partial charge in [-0.2, -0.15) is 0 Å². The van der Waals surface area contributed by atoms with Crippen molar-refractivity contribution in [3.63, 3.8) is 0 Å². The van der Waals surface area contributed by atoms with Crippen molar-refractivity contribution in [1.82, 2.24) is 0 Å². The van der Waals surface area contributed by atoms with Crippen molar-refractivity contribution in [3.05, 3.63) is 24.3 Å². The van der Waals surface area contributed by atoms with Crippen LogP contribution >= 0.6 is 0 Å². The summed E-state index contributed by atoms with van der Waals surface area (Å²) in [5.41, 5.74) is 0. The van der Waals surface area contributed by atoms with E-state index in [-0.39, 0.29) is 0 Å². The van der Waals surface area contributed by atoms with E-state index in [4.69, 9.17) is 0 Å². The van der Waals surface area contributed by atoms with Crippen LogP contribution in [-0.2, 0) is 0 Å². The highest BCUT2D eigenvalue weighted by Crippen LogP contribution is 2.30. The number of hydrogen-bond donors (Lipinski definition) is 0. The van der Waals surface area contributed by atoms with E-state index < -0.39 is 0 Å². The summed E-state index contributed by atoms with van der Waals surface area (Å²) in [5, 5.41) is 0. The third-order valence-corrected chi connectivity index (χ3v) is 2.85. The van der Waals surface area contributed by atoms with E-state index in [1.165, 1.54) is 32.1 Å². The molecule has 0 nitrogen and oxygen atoms in total. The molecule has 11 heavy (non-hydrogen) atoms. The lowest BCUT2D eigenvalue weighted by Crippen LogP contribution is -2.11. The topological polar surface area (TPSA) is 0 Å². The van der Waals surface area contributed by atoms with Crippen LogP contribution in [0.25, 0.3) is 0 Å². The average Bonchev–Trinajstić information content (AvgIpc) is 2.02. The zero-order valence-corrected chi connectivity index (χ0v) is 7.00. The van der Waals surface area contributed by atoms with E-state index in [0.717, 1.165) is 11.8 Å². The molecule has 0 aromatic rings. The average molecular weight is 148 g/mol. The summed E-state index contributed by atoms with van der Waals surface area (Å²) in [6, 6.07) is 0. The third-order valence-electron chi connectivity index (χ3n) is 2.85. The summed E-state index contributed by atoms with van der Waals surface area (Å²) in [6.07, 6.45) is 16.3. The van der Waals surface area contributed by atoms with Crippen molar-refractivity contribution in [3.8, 4) is 0 Å². The molecule has 0 saturated carbocycles. The minimum absolute atomic E-state index is 0.902. The SMILES string of the molecule is C1=CCC2CC=CC(CC1)C2. The smallest absolute Gasteiger partial charge is 0.0228 e. The van der Waals surface area contributed by atoms with E-state index >= 15 is 0 Å². The molecule has 0 heterocycles. The number of allylic oxidation sites excluding steroid dienone is 4. The van der Waals surface area contributed by atoms with Crippen LogP contribution in [0.3, 0.4) is 0 Å². The Labute approximate surface area is 69.0 Å². The molecule has 0 fully saturated rings. The standard InChI is InChI=1S/C11H16/c1-2-5-10-7-4-8-11(9-10)6-3-1/h1-2,4,8,10-11H,3,5-7,9H2. The van der Waals surface area contributed by atoms with Gasteiger partial charge >= 0.3 is 0 Å². The van der Waals surface area contributed by atoms with Gasteiger partial charge in [-0.1, -0.05) is 24.3 Å².